The van der Waals surface area contributed by atoms with Crippen LogP contribution >= 0.6 is 0 Å². The summed E-state index contributed by atoms with van der Waals surface area (Å²) in [4.78, 5) is 28.8. The number of aryl methyl sites for hydroxylation is 2. The molecule has 1 aliphatic rings. The van der Waals surface area contributed by atoms with Gasteiger partial charge in [0.1, 0.15) is 5.82 Å². The second-order valence-electron chi connectivity index (χ2n) is 7.07. The molecule has 0 aliphatic carbocycles. The molecule has 4 nitrogen and oxygen atoms in total. The van der Waals surface area contributed by atoms with Crippen molar-refractivity contribution in [1.82, 2.24) is 4.90 Å². The molecule has 0 saturated carbocycles. The molecule has 0 unspecified atom stereocenters. The van der Waals surface area contributed by atoms with Gasteiger partial charge < -0.3 is 9.80 Å². The molecule has 0 radical (unpaired) electrons. The van der Waals surface area contributed by atoms with E-state index in [1.807, 2.05) is 36.9 Å². The number of ketones is 1. The van der Waals surface area contributed by atoms with Crippen LogP contribution in [0.25, 0.3) is 0 Å². The summed E-state index contributed by atoms with van der Waals surface area (Å²) in [5.74, 6) is -0.219. The van der Waals surface area contributed by atoms with Gasteiger partial charge in [0, 0.05) is 50.3 Å². The van der Waals surface area contributed by atoms with Crippen LogP contribution in [0.5, 0.6) is 0 Å². The molecule has 1 heterocycles. The Morgan fingerprint density at radius 2 is 1.56 bits per heavy atom. The number of hydrogen-bond acceptors (Lipinski definition) is 3. The maximum absolute atomic E-state index is 13.0. The van der Waals surface area contributed by atoms with Gasteiger partial charge in [-0.2, -0.15) is 0 Å². The third-order valence-electron chi connectivity index (χ3n) is 5.22. The number of carbonyl (C=O) groups excluding carboxylic acids is 2. The van der Waals surface area contributed by atoms with Gasteiger partial charge in [0.05, 0.1) is 0 Å². The minimum absolute atomic E-state index is 0.0106. The number of hydrogen-bond donors (Lipinski definition) is 0. The molecular weight excluding hydrogens is 343 g/mol. The Hall–Kier alpha value is -2.69. The maximum atomic E-state index is 13.0. The van der Waals surface area contributed by atoms with Crippen molar-refractivity contribution in [3.05, 3.63) is 65.0 Å². The van der Waals surface area contributed by atoms with E-state index < -0.39 is 0 Å². The molecule has 5 heteroatoms. The largest absolute Gasteiger partial charge is 0.368 e. The zero-order valence-corrected chi connectivity index (χ0v) is 15.9. The van der Waals surface area contributed by atoms with Gasteiger partial charge in [-0.15, -0.1) is 0 Å². The first kappa shape index (κ1) is 19.1. The summed E-state index contributed by atoms with van der Waals surface area (Å²) in [6, 6.07) is 12.1. The smallest absolute Gasteiger partial charge is 0.223 e. The van der Waals surface area contributed by atoms with E-state index in [0.29, 0.717) is 31.7 Å². The van der Waals surface area contributed by atoms with E-state index in [1.54, 1.807) is 12.1 Å². The molecule has 1 saturated heterocycles. The third-order valence-corrected chi connectivity index (χ3v) is 5.22. The van der Waals surface area contributed by atoms with Gasteiger partial charge >= 0.3 is 0 Å². The zero-order chi connectivity index (χ0) is 19.4. The van der Waals surface area contributed by atoms with Gasteiger partial charge in [-0.3, -0.25) is 9.59 Å². The molecule has 3 rings (SSSR count). The van der Waals surface area contributed by atoms with E-state index in [4.69, 9.17) is 0 Å². The minimum atomic E-state index is -0.249. The normalized spacial score (nSPS) is 14.3. The Morgan fingerprint density at radius 3 is 2.19 bits per heavy atom. The molecule has 1 amide bonds. The predicted molar refractivity (Wildman–Crippen MR) is 105 cm³/mol. The third kappa shape index (κ3) is 4.73. The highest BCUT2D eigenvalue weighted by Crippen LogP contribution is 2.18. The highest BCUT2D eigenvalue weighted by atomic mass is 19.1. The average Bonchev–Trinajstić information content (AvgIpc) is 2.68. The number of piperazine rings is 1. The molecule has 0 atom stereocenters. The second-order valence-corrected chi connectivity index (χ2v) is 7.07. The topological polar surface area (TPSA) is 40.6 Å². The Bertz CT molecular complexity index is 825. The van der Waals surface area contributed by atoms with Crippen molar-refractivity contribution in [1.29, 1.82) is 0 Å². The van der Waals surface area contributed by atoms with Gasteiger partial charge in [0.2, 0.25) is 5.91 Å². The van der Waals surface area contributed by atoms with E-state index in [-0.39, 0.29) is 30.3 Å². The van der Waals surface area contributed by atoms with Crippen LogP contribution in [0.2, 0.25) is 0 Å². The van der Waals surface area contributed by atoms with Crippen LogP contribution in [0.3, 0.4) is 0 Å². The van der Waals surface area contributed by atoms with Crippen molar-refractivity contribution in [2.75, 3.05) is 31.1 Å². The van der Waals surface area contributed by atoms with E-state index in [9.17, 15) is 14.0 Å². The average molecular weight is 368 g/mol. The van der Waals surface area contributed by atoms with E-state index >= 15 is 0 Å². The number of nitrogens with zero attached hydrogens (tertiary/aromatic N) is 2. The lowest BCUT2D eigenvalue weighted by molar-refractivity contribution is -0.131. The first-order valence-electron chi connectivity index (χ1n) is 9.33. The van der Waals surface area contributed by atoms with Crippen LogP contribution < -0.4 is 4.90 Å². The van der Waals surface area contributed by atoms with E-state index in [0.717, 1.165) is 16.8 Å². The van der Waals surface area contributed by atoms with Crippen molar-refractivity contribution < 1.29 is 14.0 Å². The van der Waals surface area contributed by atoms with Gasteiger partial charge in [-0.25, -0.2) is 4.39 Å². The van der Waals surface area contributed by atoms with Gasteiger partial charge in [0.25, 0.3) is 0 Å². The lowest BCUT2D eigenvalue weighted by atomic mass is 10.0. The van der Waals surface area contributed by atoms with Crippen molar-refractivity contribution >= 4 is 17.4 Å². The summed E-state index contributed by atoms with van der Waals surface area (Å²) in [7, 11) is 0. The number of halogens is 1. The van der Waals surface area contributed by atoms with Crippen molar-refractivity contribution in [3.8, 4) is 0 Å². The fourth-order valence-electron chi connectivity index (χ4n) is 3.30. The van der Waals surface area contributed by atoms with Crippen LogP contribution in [0.15, 0.2) is 42.5 Å². The Kier molecular flexibility index (Phi) is 5.89. The fraction of sp³-hybridized carbons (Fsp3) is 0.364. The molecular formula is C22H25FN2O2. The number of rotatable bonds is 5. The summed E-state index contributed by atoms with van der Waals surface area (Å²) in [5.41, 5.74) is 3.88. The van der Waals surface area contributed by atoms with Gasteiger partial charge in [-0.05, 0) is 55.3 Å². The number of amides is 1. The summed E-state index contributed by atoms with van der Waals surface area (Å²) in [6.07, 6.45) is 0.474. The molecule has 0 bridgehead atoms. The number of benzene rings is 2. The quantitative estimate of drug-likeness (QED) is 0.755. The monoisotopic (exact) mass is 368 g/mol. The van der Waals surface area contributed by atoms with Crippen LogP contribution in [-0.2, 0) is 4.79 Å². The van der Waals surface area contributed by atoms with Crippen LogP contribution in [-0.4, -0.2) is 42.8 Å². The molecule has 0 spiro atoms. The minimum Gasteiger partial charge on any atom is -0.368 e. The first-order valence-corrected chi connectivity index (χ1v) is 9.33. The first-order chi connectivity index (χ1) is 12.9. The molecule has 2 aromatic rings. The molecule has 27 heavy (non-hydrogen) atoms. The van der Waals surface area contributed by atoms with Crippen LogP contribution in [0, 0.1) is 19.7 Å². The fourth-order valence-corrected chi connectivity index (χ4v) is 3.30. The lowest BCUT2D eigenvalue weighted by Gasteiger charge is -2.36. The molecule has 1 fully saturated rings. The summed E-state index contributed by atoms with van der Waals surface area (Å²) >= 11 is 0. The van der Waals surface area contributed by atoms with E-state index in [1.165, 1.54) is 12.1 Å². The number of Topliss-reactive ketones (excluding diaryl/α,β-unsaturated/α-hetero) is 1. The molecule has 2 aromatic carbocycles. The van der Waals surface area contributed by atoms with Crippen LogP contribution in [0.1, 0.15) is 34.3 Å². The Morgan fingerprint density at radius 1 is 0.889 bits per heavy atom. The summed E-state index contributed by atoms with van der Waals surface area (Å²) in [5, 5.41) is 0. The van der Waals surface area contributed by atoms with Gasteiger partial charge in [0.15, 0.2) is 5.78 Å². The van der Waals surface area contributed by atoms with Crippen molar-refractivity contribution in [3.63, 3.8) is 0 Å². The number of carbonyl (C=O) groups is 2. The van der Waals surface area contributed by atoms with Gasteiger partial charge in [-0.1, -0.05) is 12.1 Å². The second kappa shape index (κ2) is 8.33. The Balaban J connectivity index is 1.48. The standard InChI is InChI=1S/C22H25FN2O2/c1-16-3-4-18(15-17(16)2)21(26)9-10-22(27)25-13-11-24(12-14-25)20-7-5-19(23)6-8-20/h3-8,15H,9-14H2,1-2H3. The van der Waals surface area contributed by atoms with E-state index in [2.05, 4.69) is 4.90 Å². The molecule has 0 N–H and O–H groups in total. The Labute approximate surface area is 159 Å². The summed E-state index contributed by atoms with van der Waals surface area (Å²) < 4.78 is 13.0. The maximum Gasteiger partial charge on any atom is 0.223 e. The van der Waals surface area contributed by atoms with Crippen LogP contribution in [0.4, 0.5) is 10.1 Å². The molecule has 142 valence electrons. The zero-order valence-electron chi connectivity index (χ0n) is 15.9. The predicted octanol–water partition coefficient (Wildman–Crippen LogP) is 3.75. The lowest BCUT2D eigenvalue weighted by Crippen LogP contribution is -2.48. The summed E-state index contributed by atoms with van der Waals surface area (Å²) in [6.45, 7) is 6.66. The highest BCUT2D eigenvalue weighted by molar-refractivity contribution is 5.98. The molecule has 0 aromatic heterocycles. The number of anilines is 1. The SMILES string of the molecule is Cc1ccc(C(=O)CCC(=O)N2CCN(c3ccc(F)cc3)CC2)cc1C. The molecule has 1 aliphatic heterocycles. The van der Waals surface area contributed by atoms with Crippen molar-refractivity contribution in [2.45, 2.75) is 26.7 Å². The van der Waals surface area contributed by atoms with Crippen molar-refractivity contribution in [2.24, 2.45) is 0 Å². The highest BCUT2D eigenvalue weighted by Gasteiger charge is 2.22.